The minimum atomic E-state index is -2.26. The number of carbonyl (C=O) groups excluding carboxylic acids is 1. The Morgan fingerprint density at radius 2 is 1.61 bits per heavy atom. The van der Waals surface area contributed by atoms with Crippen molar-refractivity contribution in [3.63, 3.8) is 0 Å². The summed E-state index contributed by atoms with van der Waals surface area (Å²) >= 11 is 0. The molecule has 0 aromatic heterocycles. The van der Waals surface area contributed by atoms with Crippen LogP contribution in [0.1, 0.15) is 141 Å². The van der Waals surface area contributed by atoms with Gasteiger partial charge in [0.2, 0.25) is 6.29 Å². The molecule has 0 aliphatic carbocycles. The van der Waals surface area contributed by atoms with Crippen molar-refractivity contribution in [2.75, 3.05) is 13.7 Å². The first-order valence-corrected chi connectivity index (χ1v) is 29.3. The van der Waals surface area contributed by atoms with Crippen molar-refractivity contribution in [1.82, 2.24) is 0 Å². The number of rotatable bonds is 14. The first kappa shape index (κ1) is 51.7. The maximum absolute atomic E-state index is 13.0. The highest BCUT2D eigenvalue weighted by molar-refractivity contribution is 6.74. The lowest BCUT2D eigenvalue weighted by molar-refractivity contribution is -0.320. The van der Waals surface area contributed by atoms with Crippen LogP contribution in [0.4, 0.5) is 0 Å². The lowest BCUT2D eigenvalue weighted by Gasteiger charge is -2.53. The molecule has 0 unspecified atom stereocenters. The number of methoxy groups -OCH3 is 1. The van der Waals surface area contributed by atoms with Crippen LogP contribution in [0.5, 0.6) is 0 Å². The van der Waals surface area contributed by atoms with E-state index in [9.17, 15) is 9.90 Å². The first-order chi connectivity index (χ1) is 28.3. The molecule has 0 aromatic rings. The van der Waals surface area contributed by atoms with Crippen molar-refractivity contribution >= 4 is 22.6 Å². The van der Waals surface area contributed by atoms with E-state index in [4.69, 9.17) is 42.0 Å². The van der Waals surface area contributed by atoms with Gasteiger partial charge in [0.15, 0.2) is 33.8 Å². The maximum Gasteiger partial charge on any atom is 0.340 e. The predicted octanol–water partition coefficient (Wildman–Crippen LogP) is 10.7. The third-order valence-electron chi connectivity index (χ3n) is 15.1. The Kier molecular flexibility index (Phi) is 15.7. The number of fused-ring (bicyclic) bond motifs is 1. The van der Waals surface area contributed by atoms with Crippen LogP contribution in [0.3, 0.4) is 0 Å². The van der Waals surface area contributed by atoms with Gasteiger partial charge in [-0.2, -0.15) is 0 Å². The van der Waals surface area contributed by atoms with Crippen molar-refractivity contribution in [1.29, 1.82) is 0 Å². The minimum absolute atomic E-state index is 0.00244. The van der Waals surface area contributed by atoms with Gasteiger partial charge < -0.3 is 47.1 Å². The molecule has 5 aliphatic rings. The molecule has 5 aliphatic heterocycles. The molecule has 356 valence electrons. The number of ether oxygens (including phenoxy) is 7. The lowest BCUT2D eigenvalue weighted by Crippen LogP contribution is -2.62. The summed E-state index contributed by atoms with van der Waals surface area (Å²) in [7, 11) is -2.60. The molecule has 4 fully saturated rings. The van der Waals surface area contributed by atoms with E-state index < -0.39 is 52.3 Å². The molecule has 11 nitrogen and oxygen atoms in total. The largest absolute Gasteiger partial charge is 0.433 e. The smallest absolute Gasteiger partial charge is 0.340 e. The van der Waals surface area contributed by atoms with E-state index in [0.29, 0.717) is 32.3 Å². The van der Waals surface area contributed by atoms with Crippen LogP contribution in [0.25, 0.3) is 0 Å². The molecule has 62 heavy (non-hydrogen) atoms. The van der Waals surface area contributed by atoms with Crippen molar-refractivity contribution in [2.45, 2.75) is 243 Å². The Morgan fingerprint density at radius 3 is 2.21 bits per heavy atom. The molecule has 5 heterocycles. The molecular formula is C49H86O11Si2. The number of aliphatic hydroxyl groups excluding tert-OH is 1. The molecule has 5 rings (SSSR count). The highest BCUT2D eigenvalue weighted by Crippen LogP contribution is 2.47. The standard InChI is InChI=1S/C49H86O11Si2/c1-32-28-38(57-49(29-32)25-19-20-36(56-49)30-47(13)42(51)55-43(59-47)44(4,5)6)33(2)21-22-35(50)23-26-48(52-14)27-24-37-41(58-48)40(60-62(17,18)46(10,11)12)34(3)39(54-37)31-53-61(15,16)45(7,8)9/h21-22,29,33,35-41,43,50H,3,19-20,23-28,30-31H2,1-2,4-18H3/b22-21+/t33-,35-,36+,37-,38+,39-,40-,41-,43-,47-,48-,49+/m1/s1. The molecule has 0 aromatic carbocycles. The first-order valence-electron chi connectivity index (χ1n) is 23.5. The fraction of sp³-hybridized carbons (Fsp3) is 0.857. The van der Waals surface area contributed by atoms with E-state index in [0.717, 1.165) is 37.7 Å². The molecular weight excluding hydrogens is 821 g/mol. The summed E-state index contributed by atoms with van der Waals surface area (Å²) < 4.78 is 59.3. The molecule has 13 heteroatoms. The number of carbonyl (C=O) groups is 1. The molecule has 4 saturated heterocycles. The van der Waals surface area contributed by atoms with Gasteiger partial charge in [-0.25, -0.2) is 4.79 Å². The van der Waals surface area contributed by atoms with Crippen LogP contribution in [0, 0.1) is 11.3 Å². The summed E-state index contributed by atoms with van der Waals surface area (Å²) in [6, 6.07) is 0. The quantitative estimate of drug-likeness (QED) is 0.102. The second kappa shape index (κ2) is 18.8. The van der Waals surface area contributed by atoms with Crippen molar-refractivity contribution in [2.24, 2.45) is 11.3 Å². The van der Waals surface area contributed by atoms with Crippen LogP contribution in [0.2, 0.25) is 36.3 Å². The van der Waals surface area contributed by atoms with Gasteiger partial charge in [-0.3, -0.25) is 0 Å². The summed E-state index contributed by atoms with van der Waals surface area (Å²) in [6.45, 7) is 39.7. The Balaban J connectivity index is 1.21. The topological polar surface area (TPSA) is 120 Å². The monoisotopic (exact) mass is 907 g/mol. The van der Waals surface area contributed by atoms with Crippen LogP contribution < -0.4 is 0 Å². The zero-order valence-corrected chi connectivity index (χ0v) is 43.7. The fourth-order valence-electron chi connectivity index (χ4n) is 8.75. The zero-order valence-electron chi connectivity index (χ0n) is 41.7. The van der Waals surface area contributed by atoms with E-state index in [1.165, 1.54) is 5.57 Å². The van der Waals surface area contributed by atoms with Crippen LogP contribution in [-0.2, 0) is 46.8 Å². The fourth-order valence-corrected chi connectivity index (χ4v) is 11.0. The second-order valence-corrected chi connectivity index (χ2v) is 33.2. The second-order valence-electron chi connectivity index (χ2n) is 23.6. The maximum atomic E-state index is 13.0. The molecule has 0 radical (unpaired) electrons. The van der Waals surface area contributed by atoms with Gasteiger partial charge >= 0.3 is 5.97 Å². The normalized spacial score (nSPS) is 36.4. The van der Waals surface area contributed by atoms with E-state index in [1.807, 2.05) is 33.8 Å². The van der Waals surface area contributed by atoms with Crippen molar-refractivity contribution < 1.29 is 51.9 Å². The molecule has 1 spiro atoms. The predicted molar refractivity (Wildman–Crippen MR) is 249 cm³/mol. The number of hydrogen-bond acceptors (Lipinski definition) is 11. The van der Waals surface area contributed by atoms with E-state index in [2.05, 4.69) is 100 Å². The van der Waals surface area contributed by atoms with Crippen LogP contribution >= 0.6 is 0 Å². The number of esters is 1. The molecule has 0 bridgehead atoms. The van der Waals surface area contributed by atoms with E-state index in [-0.39, 0.29) is 57.9 Å². The molecule has 1 N–H and O–H groups in total. The average Bonchev–Trinajstić information content (AvgIpc) is 3.45. The Hall–Kier alpha value is -1.24. The van der Waals surface area contributed by atoms with Gasteiger partial charge in [-0.05, 0) is 93.9 Å². The Morgan fingerprint density at radius 1 is 0.952 bits per heavy atom. The summed E-state index contributed by atoms with van der Waals surface area (Å²) in [4.78, 5) is 13.0. The SMILES string of the molecule is C=C1[C@@H](O[Si](C)(C)C(C)(C)C)[C@@H]2O[C@@](CC[C@H](O)/C=C/[C@@H](C)[C@@H]3CC(C)=C[C@]4(CCC[C@@H](C[C@@]5(C)O[C@H](C(C)(C)C)OC5=O)O4)O3)(OC)CC[C@H]2O[C@@H]1CO[Si](C)(C)C(C)(C)C. The van der Waals surface area contributed by atoms with Gasteiger partial charge in [-0.15, -0.1) is 0 Å². The lowest BCUT2D eigenvalue weighted by atomic mass is 9.86. The van der Waals surface area contributed by atoms with E-state index in [1.54, 1.807) is 7.11 Å². The number of cyclic esters (lactones) is 1. The van der Waals surface area contributed by atoms with Crippen LogP contribution in [0.15, 0.2) is 36.0 Å². The summed E-state index contributed by atoms with van der Waals surface area (Å²) in [5.74, 6) is -2.13. The van der Waals surface area contributed by atoms with Crippen molar-refractivity contribution in [3.05, 3.63) is 36.0 Å². The Bertz CT molecular complexity index is 1640. The zero-order chi connectivity index (χ0) is 46.5. The minimum Gasteiger partial charge on any atom is -0.433 e. The van der Waals surface area contributed by atoms with Gasteiger partial charge in [0, 0.05) is 44.1 Å². The van der Waals surface area contributed by atoms with Gasteiger partial charge in [-0.1, -0.05) is 93.5 Å². The van der Waals surface area contributed by atoms with Gasteiger partial charge in [0.25, 0.3) is 0 Å². The average molecular weight is 907 g/mol. The third-order valence-corrected chi connectivity index (χ3v) is 24.0. The van der Waals surface area contributed by atoms with Gasteiger partial charge in [0.05, 0.1) is 37.1 Å². The molecule has 12 atom stereocenters. The molecule has 0 saturated carbocycles. The highest BCUT2D eigenvalue weighted by Gasteiger charge is 2.55. The third kappa shape index (κ3) is 11.8. The summed E-state index contributed by atoms with van der Waals surface area (Å²) in [5, 5.41) is 11.5. The Labute approximate surface area is 377 Å². The van der Waals surface area contributed by atoms with Crippen LogP contribution in [-0.4, -0.2) is 108 Å². The van der Waals surface area contributed by atoms with E-state index >= 15 is 0 Å². The van der Waals surface area contributed by atoms with Crippen molar-refractivity contribution in [3.8, 4) is 0 Å². The number of aliphatic hydroxyl groups is 1. The molecule has 0 amide bonds. The highest BCUT2D eigenvalue weighted by atomic mass is 28.4. The van der Waals surface area contributed by atoms with Gasteiger partial charge in [0.1, 0.15) is 12.2 Å². The number of hydrogen-bond donors (Lipinski definition) is 1. The summed E-state index contributed by atoms with van der Waals surface area (Å²) in [6.07, 6.45) is 9.00. The summed E-state index contributed by atoms with van der Waals surface area (Å²) in [5.41, 5.74) is 0.661.